The maximum absolute atomic E-state index is 14.0. The highest BCUT2D eigenvalue weighted by atomic mass is 35.5. The van der Waals surface area contributed by atoms with Gasteiger partial charge in [-0.2, -0.15) is 0 Å². The summed E-state index contributed by atoms with van der Waals surface area (Å²) in [6, 6.07) is 4.81. The lowest BCUT2D eigenvalue weighted by Gasteiger charge is -2.18. The van der Waals surface area contributed by atoms with Crippen LogP contribution >= 0.6 is 34.7 Å². The Morgan fingerprint density at radius 2 is 2.25 bits per heavy atom. The molecule has 2 heterocycles. The van der Waals surface area contributed by atoms with Crippen molar-refractivity contribution in [3.8, 4) is 0 Å². The van der Waals surface area contributed by atoms with E-state index in [4.69, 9.17) is 11.6 Å². The van der Waals surface area contributed by atoms with Gasteiger partial charge >= 0.3 is 0 Å². The van der Waals surface area contributed by atoms with Crippen LogP contribution in [0.15, 0.2) is 29.6 Å². The van der Waals surface area contributed by atoms with Crippen molar-refractivity contribution in [1.29, 1.82) is 0 Å². The Kier molecular flexibility index (Phi) is 4.50. The monoisotopic (exact) mass is 378 g/mol. The first-order valence-electron chi connectivity index (χ1n) is 7.94. The van der Waals surface area contributed by atoms with Crippen molar-refractivity contribution in [2.75, 3.05) is 0 Å². The molecule has 1 aliphatic rings. The highest BCUT2D eigenvalue weighted by molar-refractivity contribution is 7.98. The zero-order valence-electron chi connectivity index (χ0n) is 13.2. The van der Waals surface area contributed by atoms with Gasteiger partial charge < -0.3 is 0 Å². The van der Waals surface area contributed by atoms with Crippen LogP contribution in [0.2, 0.25) is 5.02 Å². The van der Waals surface area contributed by atoms with E-state index in [1.807, 2.05) is 0 Å². The lowest BCUT2D eigenvalue weighted by molar-refractivity contribution is 0.509. The van der Waals surface area contributed by atoms with Gasteiger partial charge in [0.2, 0.25) is 0 Å². The minimum Gasteiger partial charge on any atom is -0.229 e. The quantitative estimate of drug-likeness (QED) is 0.419. The first kappa shape index (κ1) is 16.3. The molecule has 1 atom stereocenters. The van der Waals surface area contributed by atoms with E-state index in [0.717, 1.165) is 28.6 Å². The predicted molar refractivity (Wildman–Crippen MR) is 99.6 cm³/mol. The summed E-state index contributed by atoms with van der Waals surface area (Å²) in [5.74, 6) is 0.937. The van der Waals surface area contributed by atoms with Crippen molar-refractivity contribution in [3.63, 3.8) is 0 Å². The van der Waals surface area contributed by atoms with Gasteiger partial charge in [0, 0.05) is 26.6 Å². The van der Waals surface area contributed by atoms with Gasteiger partial charge in [-0.15, -0.1) is 23.1 Å². The van der Waals surface area contributed by atoms with Crippen LogP contribution < -0.4 is 0 Å². The molecule has 0 unspecified atom stereocenters. The smallest absolute Gasteiger partial charge is 0.128 e. The second-order valence-electron chi connectivity index (χ2n) is 6.20. The molecule has 3 aromatic rings. The molecule has 6 heteroatoms. The normalized spacial score (nSPS) is 17.2. The summed E-state index contributed by atoms with van der Waals surface area (Å²) >= 11 is 9.46. The van der Waals surface area contributed by atoms with Crippen LogP contribution in [-0.2, 0) is 18.6 Å². The van der Waals surface area contributed by atoms with Crippen molar-refractivity contribution in [2.45, 2.75) is 37.0 Å². The zero-order valence-corrected chi connectivity index (χ0v) is 15.6. The molecule has 4 rings (SSSR count). The maximum atomic E-state index is 14.0. The van der Waals surface area contributed by atoms with E-state index in [-0.39, 0.29) is 5.82 Å². The van der Waals surface area contributed by atoms with Crippen molar-refractivity contribution in [3.05, 3.63) is 51.4 Å². The van der Waals surface area contributed by atoms with E-state index in [1.54, 1.807) is 41.6 Å². The average Bonchev–Trinajstić information content (AvgIpc) is 2.92. The number of aryl methyl sites for hydroxylation is 1. The molecule has 1 aliphatic carbocycles. The number of halogens is 2. The van der Waals surface area contributed by atoms with Gasteiger partial charge in [-0.25, -0.2) is 14.4 Å². The zero-order chi connectivity index (χ0) is 16.7. The molecule has 0 spiro atoms. The fourth-order valence-corrected chi connectivity index (χ4v) is 5.95. The molecule has 2 nitrogen and oxygen atoms in total. The summed E-state index contributed by atoms with van der Waals surface area (Å²) < 4.78 is 14.0. The largest absolute Gasteiger partial charge is 0.229 e. The fourth-order valence-electron chi connectivity index (χ4n) is 3.17. The first-order valence-corrected chi connectivity index (χ1v) is 10.1. The molecule has 0 radical (unpaired) electrons. The summed E-state index contributed by atoms with van der Waals surface area (Å²) in [5.41, 5.74) is 1.93. The van der Waals surface area contributed by atoms with Gasteiger partial charge in [0.05, 0.1) is 0 Å². The maximum Gasteiger partial charge on any atom is 0.128 e. The van der Waals surface area contributed by atoms with Crippen molar-refractivity contribution >= 4 is 44.9 Å². The number of rotatable bonds is 3. The molecule has 0 fully saturated rings. The Hall–Kier alpha value is -1.17. The molecular weight excluding hydrogens is 363 g/mol. The molecule has 2 aromatic heterocycles. The van der Waals surface area contributed by atoms with Crippen LogP contribution in [0.25, 0.3) is 10.2 Å². The van der Waals surface area contributed by atoms with Gasteiger partial charge in [0.15, 0.2) is 0 Å². The van der Waals surface area contributed by atoms with E-state index in [9.17, 15) is 4.39 Å². The van der Waals surface area contributed by atoms with Gasteiger partial charge in [-0.3, -0.25) is 0 Å². The highest BCUT2D eigenvalue weighted by Crippen LogP contribution is 2.41. The van der Waals surface area contributed by atoms with E-state index in [2.05, 4.69) is 16.9 Å². The Morgan fingerprint density at radius 3 is 3.08 bits per heavy atom. The van der Waals surface area contributed by atoms with Crippen LogP contribution in [0.5, 0.6) is 0 Å². The van der Waals surface area contributed by atoms with E-state index < -0.39 is 0 Å². The summed E-state index contributed by atoms with van der Waals surface area (Å²) in [5, 5.41) is 2.57. The molecule has 124 valence electrons. The second-order valence-corrected chi connectivity index (χ2v) is 8.65. The topological polar surface area (TPSA) is 25.8 Å². The molecule has 0 bridgehead atoms. The number of benzene rings is 1. The lowest BCUT2D eigenvalue weighted by atomic mass is 9.89. The van der Waals surface area contributed by atoms with Gasteiger partial charge in [-0.1, -0.05) is 24.6 Å². The van der Waals surface area contributed by atoms with Crippen molar-refractivity contribution < 1.29 is 4.39 Å². The Bertz CT molecular complexity index is 889. The Morgan fingerprint density at radius 1 is 1.38 bits per heavy atom. The molecule has 0 amide bonds. The third-order valence-electron chi connectivity index (χ3n) is 4.47. The third kappa shape index (κ3) is 2.93. The number of aromatic nitrogens is 2. The number of fused-ring (bicyclic) bond motifs is 3. The van der Waals surface area contributed by atoms with Crippen molar-refractivity contribution in [2.24, 2.45) is 5.92 Å². The average molecular weight is 379 g/mol. The highest BCUT2D eigenvalue weighted by Gasteiger charge is 2.23. The number of thioether (sulfide) groups is 1. The molecule has 0 saturated heterocycles. The van der Waals surface area contributed by atoms with Crippen LogP contribution in [0, 0.1) is 11.7 Å². The summed E-state index contributed by atoms with van der Waals surface area (Å²) in [6.45, 7) is 2.30. The Labute approximate surface area is 153 Å². The number of nitrogens with zero attached hydrogens (tertiary/aromatic N) is 2. The van der Waals surface area contributed by atoms with E-state index in [1.165, 1.54) is 28.3 Å². The van der Waals surface area contributed by atoms with Gasteiger partial charge in [0.25, 0.3) is 0 Å². The van der Waals surface area contributed by atoms with E-state index in [0.29, 0.717) is 16.3 Å². The minimum absolute atomic E-state index is 0.263. The number of hydrogen-bond acceptors (Lipinski definition) is 4. The fraction of sp³-hybridized carbons (Fsp3) is 0.333. The molecule has 0 aliphatic heterocycles. The standard InChI is InChI=1S/C18H16ClFN2S2/c1-10-5-6-11-15(7-10)24-18-16(11)17(21-9-22-18)23-8-12-13(19)3-2-4-14(12)20/h2-4,9-10H,5-8H2,1H3/t10-/m0/s1. The summed E-state index contributed by atoms with van der Waals surface area (Å²) in [6.07, 6.45) is 5.02. The van der Waals surface area contributed by atoms with Crippen LogP contribution in [-0.4, -0.2) is 9.97 Å². The van der Waals surface area contributed by atoms with Crippen LogP contribution in [0.4, 0.5) is 4.39 Å². The summed E-state index contributed by atoms with van der Waals surface area (Å²) in [7, 11) is 0. The third-order valence-corrected chi connectivity index (χ3v) is 7.00. The van der Waals surface area contributed by atoms with Crippen LogP contribution in [0.1, 0.15) is 29.3 Å². The lowest BCUT2D eigenvalue weighted by Crippen LogP contribution is -2.08. The SMILES string of the molecule is C[C@H]1CCc2c(sc3ncnc(SCc4c(F)cccc4Cl)c23)C1. The molecule has 1 aromatic carbocycles. The van der Waals surface area contributed by atoms with Crippen molar-refractivity contribution in [1.82, 2.24) is 9.97 Å². The number of hydrogen-bond donors (Lipinski definition) is 0. The summed E-state index contributed by atoms with van der Waals surface area (Å²) in [4.78, 5) is 11.4. The predicted octanol–water partition coefficient (Wildman–Crippen LogP) is 5.90. The molecule has 0 N–H and O–H groups in total. The minimum atomic E-state index is -0.263. The number of thiophene rings is 1. The van der Waals surface area contributed by atoms with Gasteiger partial charge in [-0.05, 0) is 42.9 Å². The first-order chi connectivity index (χ1) is 11.6. The van der Waals surface area contributed by atoms with E-state index >= 15 is 0 Å². The van der Waals surface area contributed by atoms with Gasteiger partial charge in [0.1, 0.15) is 22.0 Å². The molecular formula is C18H16ClFN2S2. The molecule has 24 heavy (non-hydrogen) atoms. The molecule has 0 saturated carbocycles. The second kappa shape index (κ2) is 6.62. The Balaban J connectivity index is 1.70. The van der Waals surface area contributed by atoms with Crippen LogP contribution in [0.3, 0.4) is 0 Å².